The molecule has 130 valence electrons. The first-order valence-electron chi connectivity index (χ1n) is 7.70. The minimum absolute atomic E-state index is 0.00478. The number of benzene rings is 1. The molecule has 1 unspecified atom stereocenters. The van der Waals surface area contributed by atoms with E-state index in [-0.39, 0.29) is 38.6 Å². The van der Waals surface area contributed by atoms with Gasteiger partial charge >= 0.3 is 5.97 Å². The Bertz CT molecular complexity index is 652. The first-order chi connectivity index (χ1) is 11.4. The third kappa shape index (κ3) is 3.09. The van der Waals surface area contributed by atoms with Gasteiger partial charge in [0, 0.05) is 32.0 Å². The Morgan fingerprint density at radius 3 is 2.58 bits per heavy atom. The van der Waals surface area contributed by atoms with E-state index in [9.17, 15) is 14.7 Å². The van der Waals surface area contributed by atoms with Crippen LogP contribution in [0.3, 0.4) is 0 Å². The number of piperidine rings is 1. The lowest BCUT2D eigenvalue weighted by molar-refractivity contribution is -0.166. The molecule has 8 nitrogen and oxygen atoms in total. The fraction of sp³-hybridized carbons (Fsp3) is 0.500. The molecule has 0 bridgehead atoms. The molecule has 2 aliphatic heterocycles. The highest BCUT2D eigenvalue weighted by Gasteiger charge is 2.41. The molecular formula is C16H19NO7. The van der Waals surface area contributed by atoms with Crippen LogP contribution in [-0.2, 0) is 9.59 Å². The summed E-state index contributed by atoms with van der Waals surface area (Å²) in [5.41, 5.74) is -1.75. The van der Waals surface area contributed by atoms with Crippen LogP contribution in [0.4, 0.5) is 0 Å². The normalized spacial score (nSPS) is 19.7. The minimum atomic E-state index is -1.75. The first-order valence-corrected chi connectivity index (χ1v) is 7.70. The van der Waals surface area contributed by atoms with Crippen molar-refractivity contribution in [2.45, 2.75) is 31.5 Å². The molecule has 1 aromatic carbocycles. The van der Waals surface area contributed by atoms with Gasteiger partial charge in [-0.2, -0.15) is 0 Å². The number of carbonyl (C=O) groups excluding carboxylic acids is 1. The minimum Gasteiger partial charge on any atom is -0.481 e. The van der Waals surface area contributed by atoms with Crippen molar-refractivity contribution in [3.05, 3.63) is 18.2 Å². The molecular weight excluding hydrogens is 318 g/mol. The molecule has 1 fully saturated rings. The molecule has 0 saturated carbocycles. The highest BCUT2D eigenvalue weighted by Crippen LogP contribution is 2.35. The molecule has 8 heteroatoms. The molecule has 0 radical (unpaired) electrons. The SMILES string of the molecule is CC(Oc1ccc2c(c1)OCO2)C(=O)N1CCC(O)(C(=O)O)CC1. The van der Waals surface area contributed by atoms with Crippen molar-refractivity contribution in [1.82, 2.24) is 4.90 Å². The zero-order chi connectivity index (χ0) is 17.3. The summed E-state index contributed by atoms with van der Waals surface area (Å²) in [5, 5.41) is 18.9. The Kier molecular flexibility index (Phi) is 4.23. The van der Waals surface area contributed by atoms with E-state index >= 15 is 0 Å². The number of amides is 1. The topological polar surface area (TPSA) is 106 Å². The third-order valence-electron chi connectivity index (χ3n) is 4.31. The van der Waals surface area contributed by atoms with Gasteiger partial charge in [-0.15, -0.1) is 0 Å². The number of hydrogen-bond acceptors (Lipinski definition) is 6. The average molecular weight is 337 g/mol. The number of fused-ring (bicyclic) bond motifs is 1. The number of carboxylic acids is 1. The lowest BCUT2D eigenvalue weighted by Crippen LogP contribution is -2.53. The lowest BCUT2D eigenvalue weighted by Gasteiger charge is -2.36. The first kappa shape index (κ1) is 16.4. The maximum Gasteiger partial charge on any atom is 0.335 e. The van der Waals surface area contributed by atoms with Crippen LogP contribution in [0.15, 0.2) is 18.2 Å². The molecule has 1 aromatic rings. The second kappa shape index (κ2) is 6.20. The van der Waals surface area contributed by atoms with Crippen LogP contribution in [-0.4, -0.2) is 58.6 Å². The summed E-state index contributed by atoms with van der Waals surface area (Å²) in [6, 6.07) is 5.06. The Morgan fingerprint density at radius 1 is 1.25 bits per heavy atom. The highest BCUT2D eigenvalue weighted by atomic mass is 16.7. The molecule has 2 heterocycles. The monoisotopic (exact) mass is 337 g/mol. The van der Waals surface area contributed by atoms with Gasteiger partial charge in [0.25, 0.3) is 5.91 Å². The van der Waals surface area contributed by atoms with Crippen LogP contribution in [0.5, 0.6) is 17.2 Å². The van der Waals surface area contributed by atoms with Crippen LogP contribution in [0, 0.1) is 0 Å². The van der Waals surface area contributed by atoms with E-state index in [0.29, 0.717) is 17.2 Å². The van der Waals surface area contributed by atoms with E-state index in [1.807, 2.05) is 0 Å². The summed E-state index contributed by atoms with van der Waals surface area (Å²) >= 11 is 0. The Hall–Kier alpha value is -2.48. The zero-order valence-corrected chi connectivity index (χ0v) is 13.2. The van der Waals surface area contributed by atoms with Gasteiger partial charge in [-0.25, -0.2) is 4.79 Å². The standard InChI is InChI=1S/C16H19NO7/c1-10(24-11-2-3-12-13(8-11)23-9-22-12)14(18)17-6-4-16(21,5-7-17)15(19)20/h2-3,8,10,21H,4-7,9H2,1H3,(H,19,20). The fourth-order valence-electron chi connectivity index (χ4n) is 2.77. The second-order valence-corrected chi connectivity index (χ2v) is 5.94. The number of aliphatic carboxylic acids is 1. The number of hydrogen-bond donors (Lipinski definition) is 2. The van der Waals surface area contributed by atoms with Gasteiger partial charge in [-0.1, -0.05) is 0 Å². The second-order valence-electron chi connectivity index (χ2n) is 5.94. The molecule has 3 rings (SSSR count). The number of ether oxygens (including phenoxy) is 3. The van der Waals surface area contributed by atoms with Crippen molar-refractivity contribution >= 4 is 11.9 Å². The van der Waals surface area contributed by atoms with Crippen molar-refractivity contribution in [2.75, 3.05) is 19.9 Å². The van der Waals surface area contributed by atoms with E-state index in [2.05, 4.69) is 0 Å². The van der Waals surface area contributed by atoms with Crippen LogP contribution >= 0.6 is 0 Å². The van der Waals surface area contributed by atoms with Crippen LogP contribution in [0.2, 0.25) is 0 Å². The molecule has 0 spiro atoms. The van der Waals surface area contributed by atoms with E-state index in [4.69, 9.17) is 19.3 Å². The summed E-state index contributed by atoms with van der Waals surface area (Å²) in [6.45, 7) is 2.14. The van der Waals surface area contributed by atoms with E-state index < -0.39 is 17.7 Å². The van der Waals surface area contributed by atoms with E-state index in [0.717, 1.165) is 0 Å². The number of likely N-dealkylation sites (tertiary alicyclic amines) is 1. The van der Waals surface area contributed by atoms with Crippen LogP contribution in [0.1, 0.15) is 19.8 Å². The number of nitrogens with zero attached hydrogens (tertiary/aromatic N) is 1. The van der Waals surface area contributed by atoms with Crippen LogP contribution in [0.25, 0.3) is 0 Å². The molecule has 2 aliphatic rings. The molecule has 1 saturated heterocycles. The van der Waals surface area contributed by atoms with Gasteiger partial charge in [-0.3, -0.25) is 4.79 Å². The number of carbonyl (C=O) groups is 2. The van der Waals surface area contributed by atoms with E-state index in [1.165, 1.54) is 4.90 Å². The lowest BCUT2D eigenvalue weighted by atomic mass is 9.91. The highest BCUT2D eigenvalue weighted by molar-refractivity contribution is 5.82. The van der Waals surface area contributed by atoms with Gasteiger partial charge in [0.05, 0.1) is 0 Å². The Labute approximate surface area is 138 Å². The largest absolute Gasteiger partial charge is 0.481 e. The maximum absolute atomic E-state index is 12.4. The van der Waals surface area contributed by atoms with Gasteiger partial charge in [0.1, 0.15) is 5.75 Å². The molecule has 0 aliphatic carbocycles. The third-order valence-corrected chi connectivity index (χ3v) is 4.31. The molecule has 1 amide bonds. The molecule has 1 atom stereocenters. The van der Waals surface area contributed by atoms with Crippen molar-refractivity contribution in [1.29, 1.82) is 0 Å². The zero-order valence-electron chi connectivity index (χ0n) is 13.2. The quantitative estimate of drug-likeness (QED) is 0.829. The Balaban J connectivity index is 1.58. The Morgan fingerprint density at radius 2 is 1.92 bits per heavy atom. The number of aliphatic hydroxyl groups is 1. The number of carboxylic acid groups (broad SMARTS) is 1. The smallest absolute Gasteiger partial charge is 0.335 e. The molecule has 24 heavy (non-hydrogen) atoms. The average Bonchev–Trinajstić information content (AvgIpc) is 3.02. The predicted molar refractivity (Wildman–Crippen MR) is 81.1 cm³/mol. The summed E-state index contributed by atoms with van der Waals surface area (Å²) < 4.78 is 16.1. The summed E-state index contributed by atoms with van der Waals surface area (Å²) in [4.78, 5) is 25.0. The van der Waals surface area contributed by atoms with Crippen molar-refractivity contribution < 1.29 is 34.0 Å². The summed E-state index contributed by atoms with van der Waals surface area (Å²) in [5.74, 6) is 0.181. The van der Waals surface area contributed by atoms with Crippen LogP contribution < -0.4 is 14.2 Å². The van der Waals surface area contributed by atoms with Gasteiger partial charge in [0.15, 0.2) is 23.2 Å². The summed E-state index contributed by atoms with van der Waals surface area (Å²) in [6.07, 6.45) is -0.725. The number of rotatable bonds is 4. The van der Waals surface area contributed by atoms with Crippen molar-refractivity contribution in [3.63, 3.8) is 0 Å². The van der Waals surface area contributed by atoms with E-state index in [1.54, 1.807) is 25.1 Å². The maximum atomic E-state index is 12.4. The fourth-order valence-corrected chi connectivity index (χ4v) is 2.77. The summed E-state index contributed by atoms with van der Waals surface area (Å²) in [7, 11) is 0. The van der Waals surface area contributed by atoms with Gasteiger partial charge < -0.3 is 29.3 Å². The van der Waals surface area contributed by atoms with Gasteiger partial charge in [-0.05, 0) is 19.1 Å². The molecule has 0 aromatic heterocycles. The molecule has 2 N–H and O–H groups in total. The van der Waals surface area contributed by atoms with Crippen molar-refractivity contribution in [2.24, 2.45) is 0 Å². The van der Waals surface area contributed by atoms with Crippen molar-refractivity contribution in [3.8, 4) is 17.2 Å². The predicted octanol–water partition coefficient (Wildman–Crippen LogP) is 0.621. The van der Waals surface area contributed by atoms with Gasteiger partial charge in [0.2, 0.25) is 6.79 Å².